The molecule has 3 heterocycles. The minimum atomic E-state index is -5.08. The van der Waals surface area contributed by atoms with Crippen LogP contribution in [0.4, 0.5) is 19.1 Å². The van der Waals surface area contributed by atoms with Crippen LogP contribution in [-0.4, -0.2) is 65.4 Å². The lowest BCUT2D eigenvalue weighted by Crippen LogP contribution is -2.42. The molecule has 1 N–H and O–H groups in total. The normalized spacial score (nSPS) is 18.0. The maximum absolute atomic E-state index is 10.6. The van der Waals surface area contributed by atoms with Gasteiger partial charge < -0.3 is 14.7 Å². The number of rotatable bonds is 4. The molecule has 0 bridgehead atoms. The summed E-state index contributed by atoms with van der Waals surface area (Å²) in [5, 5.41) is 7.12. The first-order valence-electron chi connectivity index (χ1n) is 10.8. The molecule has 33 heavy (non-hydrogen) atoms. The van der Waals surface area contributed by atoms with Gasteiger partial charge in [0.2, 0.25) is 5.95 Å². The quantitative estimate of drug-likeness (QED) is 0.732. The number of piperidine rings is 1. The van der Waals surface area contributed by atoms with Gasteiger partial charge in [-0.2, -0.15) is 13.2 Å². The average molecular weight is 467 g/mol. The monoisotopic (exact) mass is 466 g/mol. The van der Waals surface area contributed by atoms with E-state index < -0.39 is 12.1 Å². The topological polar surface area (TPSA) is 78.8 Å². The van der Waals surface area contributed by atoms with Gasteiger partial charge in [-0.05, 0) is 61.4 Å². The summed E-state index contributed by atoms with van der Waals surface area (Å²) in [6.07, 6.45) is 2.52. The van der Waals surface area contributed by atoms with Crippen molar-refractivity contribution in [2.75, 3.05) is 38.2 Å². The standard InChI is InChI=1S/C21H28N4O.C2HF3O2/c1-17-13-22-20(23-14-17)25-10-7-21(8-11-25)6-9-24(16-21)15-18-4-3-5-19(12-18)26-2;3-2(4,5)1(6)7/h3-5,12-14H,6-11,15-16H2,1-2H3;(H,6,7). The summed E-state index contributed by atoms with van der Waals surface area (Å²) in [5.74, 6) is -0.924. The molecule has 10 heteroatoms. The highest BCUT2D eigenvalue weighted by Crippen LogP contribution is 2.41. The van der Waals surface area contributed by atoms with Crippen molar-refractivity contribution in [1.82, 2.24) is 14.9 Å². The number of aromatic nitrogens is 2. The van der Waals surface area contributed by atoms with Crippen LogP contribution >= 0.6 is 0 Å². The molecular formula is C23H29F3N4O3. The molecule has 1 aromatic heterocycles. The number of aliphatic carboxylic acids is 1. The number of aryl methyl sites for hydroxylation is 1. The molecule has 2 saturated heterocycles. The van der Waals surface area contributed by atoms with Crippen molar-refractivity contribution in [3.63, 3.8) is 0 Å². The SMILES string of the molecule is COc1cccc(CN2CCC3(CCN(c4ncc(C)cn4)CC3)C2)c1.O=C(O)C(F)(F)F. The van der Waals surface area contributed by atoms with E-state index in [4.69, 9.17) is 14.6 Å². The fraction of sp³-hybridized carbons (Fsp3) is 0.522. The molecule has 0 atom stereocenters. The highest BCUT2D eigenvalue weighted by Gasteiger charge is 2.41. The van der Waals surface area contributed by atoms with Crippen LogP contribution in [0.5, 0.6) is 5.75 Å². The minimum Gasteiger partial charge on any atom is -0.497 e. The van der Waals surface area contributed by atoms with Crippen LogP contribution in [0.25, 0.3) is 0 Å². The number of likely N-dealkylation sites (tertiary alicyclic amines) is 1. The van der Waals surface area contributed by atoms with Crippen molar-refractivity contribution in [2.24, 2.45) is 5.41 Å². The Kier molecular flexibility index (Phi) is 7.78. The summed E-state index contributed by atoms with van der Waals surface area (Å²) in [6, 6.07) is 8.45. The predicted octanol–water partition coefficient (Wildman–Crippen LogP) is 3.92. The van der Waals surface area contributed by atoms with Crippen LogP contribution in [0, 0.1) is 12.3 Å². The summed E-state index contributed by atoms with van der Waals surface area (Å²) >= 11 is 0. The zero-order valence-electron chi connectivity index (χ0n) is 18.8. The number of carboxylic acid groups (broad SMARTS) is 1. The molecule has 2 aliphatic rings. The second kappa shape index (κ2) is 10.4. The number of halogens is 3. The van der Waals surface area contributed by atoms with E-state index in [0.717, 1.165) is 36.9 Å². The number of carbonyl (C=O) groups is 1. The predicted molar refractivity (Wildman–Crippen MR) is 117 cm³/mol. The Morgan fingerprint density at radius 1 is 1.15 bits per heavy atom. The van der Waals surface area contributed by atoms with Crippen LogP contribution < -0.4 is 9.64 Å². The fourth-order valence-electron chi connectivity index (χ4n) is 4.33. The van der Waals surface area contributed by atoms with Gasteiger partial charge in [-0.3, -0.25) is 4.90 Å². The second-order valence-electron chi connectivity index (χ2n) is 8.66. The van der Waals surface area contributed by atoms with Gasteiger partial charge in [-0.15, -0.1) is 0 Å². The van der Waals surface area contributed by atoms with Crippen LogP contribution in [0.15, 0.2) is 36.7 Å². The molecule has 0 radical (unpaired) electrons. The van der Waals surface area contributed by atoms with E-state index in [-0.39, 0.29) is 0 Å². The molecule has 2 fully saturated rings. The average Bonchev–Trinajstić information content (AvgIpc) is 3.16. The maximum atomic E-state index is 10.6. The van der Waals surface area contributed by atoms with Gasteiger partial charge in [-0.25, -0.2) is 14.8 Å². The molecular weight excluding hydrogens is 437 g/mol. The van der Waals surface area contributed by atoms with Gasteiger partial charge in [-0.1, -0.05) is 12.1 Å². The molecule has 4 rings (SSSR count). The largest absolute Gasteiger partial charge is 0.497 e. The van der Waals surface area contributed by atoms with Crippen LogP contribution in [0.1, 0.15) is 30.4 Å². The lowest BCUT2D eigenvalue weighted by Gasteiger charge is -2.39. The highest BCUT2D eigenvalue weighted by molar-refractivity contribution is 5.73. The Labute approximate surface area is 191 Å². The van der Waals surface area contributed by atoms with Crippen molar-refractivity contribution < 1.29 is 27.8 Å². The van der Waals surface area contributed by atoms with Crippen LogP contribution in [0.2, 0.25) is 0 Å². The van der Waals surface area contributed by atoms with Gasteiger partial charge >= 0.3 is 12.1 Å². The zero-order valence-corrected chi connectivity index (χ0v) is 18.8. The smallest absolute Gasteiger partial charge is 0.490 e. The third-order valence-electron chi connectivity index (χ3n) is 6.17. The second-order valence-corrected chi connectivity index (χ2v) is 8.66. The lowest BCUT2D eigenvalue weighted by atomic mass is 9.78. The molecule has 0 unspecified atom stereocenters. The third kappa shape index (κ3) is 6.80. The molecule has 180 valence electrons. The van der Waals surface area contributed by atoms with E-state index in [1.807, 2.05) is 25.4 Å². The first-order chi connectivity index (χ1) is 15.6. The highest BCUT2D eigenvalue weighted by atomic mass is 19.4. The number of anilines is 1. The van der Waals surface area contributed by atoms with E-state index in [1.54, 1.807) is 7.11 Å². The summed E-state index contributed by atoms with van der Waals surface area (Å²) in [4.78, 5) is 22.8. The van der Waals surface area contributed by atoms with E-state index in [9.17, 15) is 13.2 Å². The van der Waals surface area contributed by atoms with E-state index in [0.29, 0.717) is 5.41 Å². The Bertz CT molecular complexity index is 929. The number of alkyl halides is 3. The number of ether oxygens (including phenoxy) is 1. The molecule has 0 aliphatic carbocycles. The summed E-state index contributed by atoms with van der Waals surface area (Å²) in [7, 11) is 1.73. The number of benzene rings is 1. The van der Waals surface area contributed by atoms with Crippen molar-refractivity contribution >= 4 is 11.9 Å². The Morgan fingerprint density at radius 2 is 1.76 bits per heavy atom. The Balaban J connectivity index is 0.000000383. The van der Waals surface area contributed by atoms with Crippen molar-refractivity contribution in [2.45, 2.75) is 38.9 Å². The van der Waals surface area contributed by atoms with Gasteiger partial charge in [0.15, 0.2) is 0 Å². The van der Waals surface area contributed by atoms with Gasteiger partial charge in [0.05, 0.1) is 7.11 Å². The number of carboxylic acids is 1. The number of hydrogen-bond donors (Lipinski definition) is 1. The molecule has 0 saturated carbocycles. The summed E-state index contributed by atoms with van der Waals surface area (Å²) < 4.78 is 37.1. The van der Waals surface area contributed by atoms with E-state index in [1.165, 1.54) is 37.9 Å². The van der Waals surface area contributed by atoms with Crippen LogP contribution in [-0.2, 0) is 11.3 Å². The molecule has 1 aromatic carbocycles. The Morgan fingerprint density at radius 3 is 2.33 bits per heavy atom. The first kappa shape index (κ1) is 24.8. The Hall–Kier alpha value is -2.88. The van der Waals surface area contributed by atoms with Gasteiger partial charge in [0.1, 0.15) is 5.75 Å². The molecule has 2 aromatic rings. The first-order valence-corrected chi connectivity index (χ1v) is 10.8. The van der Waals surface area contributed by atoms with Crippen LogP contribution in [0.3, 0.4) is 0 Å². The molecule has 7 nitrogen and oxygen atoms in total. The van der Waals surface area contributed by atoms with E-state index >= 15 is 0 Å². The number of hydrogen-bond acceptors (Lipinski definition) is 6. The fourth-order valence-corrected chi connectivity index (χ4v) is 4.33. The minimum absolute atomic E-state index is 0.472. The third-order valence-corrected chi connectivity index (χ3v) is 6.17. The molecule has 0 amide bonds. The maximum Gasteiger partial charge on any atom is 0.490 e. The van der Waals surface area contributed by atoms with Gasteiger partial charge in [0, 0.05) is 38.6 Å². The summed E-state index contributed by atoms with van der Waals surface area (Å²) in [6.45, 7) is 7.57. The van der Waals surface area contributed by atoms with Crippen molar-refractivity contribution in [3.05, 3.63) is 47.8 Å². The lowest BCUT2D eigenvalue weighted by molar-refractivity contribution is -0.192. The van der Waals surface area contributed by atoms with Gasteiger partial charge in [0.25, 0.3) is 0 Å². The molecule has 2 aliphatic heterocycles. The van der Waals surface area contributed by atoms with Crippen molar-refractivity contribution in [3.8, 4) is 5.75 Å². The number of methoxy groups -OCH3 is 1. The van der Waals surface area contributed by atoms with E-state index in [2.05, 4.69) is 38.0 Å². The van der Waals surface area contributed by atoms with Crippen molar-refractivity contribution in [1.29, 1.82) is 0 Å². The summed E-state index contributed by atoms with van der Waals surface area (Å²) in [5.41, 5.74) is 2.93. The molecule has 1 spiro atoms. The number of nitrogens with zero attached hydrogens (tertiary/aromatic N) is 4. The zero-order chi connectivity index (χ0) is 24.1.